The van der Waals surface area contributed by atoms with Crippen molar-refractivity contribution in [3.63, 3.8) is 0 Å². The van der Waals surface area contributed by atoms with E-state index in [1.807, 2.05) is 11.1 Å². The Morgan fingerprint density at radius 3 is 2.48 bits per heavy atom. The molecule has 1 amide bonds. The van der Waals surface area contributed by atoms with E-state index in [9.17, 15) is 4.79 Å². The van der Waals surface area contributed by atoms with Gasteiger partial charge in [-0.1, -0.05) is 18.2 Å². The van der Waals surface area contributed by atoms with E-state index in [1.54, 1.807) is 18.3 Å². The number of benzene rings is 1. The first-order valence-electron chi connectivity index (χ1n) is 10.9. The Bertz CT molecular complexity index is 852. The average molecular weight is 411 g/mol. The summed E-state index contributed by atoms with van der Waals surface area (Å²) >= 11 is 1.75. The number of fused-ring (bicyclic) bond motifs is 2. The normalized spacial score (nSPS) is 22.7. The topological polar surface area (TPSA) is 39.7 Å². The lowest BCUT2D eigenvalue weighted by molar-refractivity contribution is -0.116. The Hall–Kier alpha value is -1.92. The van der Waals surface area contributed by atoms with Crippen LogP contribution in [0.1, 0.15) is 44.6 Å². The van der Waals surface area contributed by atoms with Gasteiger partial charge in [-0.05, 0) is 56.8 Å². The second-order valence-electron chi connectivity index (χ2n) is 8.79. The zero-order valence-corrected chi connectivity index (χ0v) is 18.0. The Labute approximate surface area is 177 Å². The number of piperidine rings is 2. The molecule has 4 heterocycles. The highest BCUT2D eigenvalue weighted by Crippen LogP contribution is 2.47. The summed E-state index contributed by atoms with van der Waals surface area (Å²) in [6, 6.07) is 9.32. The van der Waals surface area contributed by atoms with Gasteiger partial charge in [-0.3, -0.25) is 4.79 Å². The molecule has 1 aromatic heterocycles. The summed E-state index contributed by atoms with van der Waals surface area (Å²) in [4.78, 5) is 23.7. The summed E-state index contributed by atoms with van der Waals surface area (Å²) in [5, 5.41) is 3.25. The maximum Gasteiger partial charge on any atom is 0.223 e. The number of thiazole rings is 1. The summed E-state index contributed by atoms with van der Waals surface area (Å²) in [7, 11) is 0. The Kier molecular flexibility index (Phi) is 5.08. The van der Waals surface area contributed by atoms with Crippen molar-refractivity contribution in [2.75, 3.05) is 42.5 Å². The Morgan fingerprint density at radius 2 is 1.79 bits per heavy atom. The number of rotatable bonds is 2. The van der Waals surface area contributed by atoms with E-state index in [2.05, 4.69) is 44.4 Å². The number of para-hydroxylation sites is 1. The largest absolute Gasteiger partial charge is 0.348 e. The van der Waals surface area contributed by atoms with Gasteiger partial charge in [-0.15, -0.1) is 11.3 Å². The van der Waals surface area contributed by atoms with Crippen molar-refractivity contribution in [3.05, 3.63) is 41.4 Å². The van der Waals surface area contributed by atoms with E-state index in [-0.39, 0.29) is 11.3 Å². The number of anilines is 2. The van der Waals surface area contributed by atoms with Crippen LogP contribution in [-0.2, 0) is 10.2 Å². The van der Waals surface area contributed by atoms with Crippen LogP contribution in [0.3, 0.4) is 0 Å². The van der Waals surface area contributed by atoms with Crippen molar-refractivity contribution in [2.45, 2.75) is 50.5 Å². The summed E-state index contributed by atoms with van der Waals surface area (Å²) in [5.74, 6) is 0.164. The zero-order valence-electron chi connectivity index (χ0n) is 17.2. The smallest absolute Gasteiger partial charge is 0.223 e. The highest BCUT2D eigenvalue weighted by molar-refractivity contribution is 7.13. The fourth-order valence-electron chi connectivity index (χ4n) is 5.70. The standard InChI is InChI=1S/C23H30N4OS/c1-18(28)27-16-10-23(20-4-2-3-5-21(20)27)8-14-25(15-9-23)19-6-12-26(13-7-19)22-24-11-17-29-22/h2-5,11,17,19H,6-10,12-16H2,1H3. The molecule has 154 valence electrons. The van der Waals surface area contributed by atoms with Crippen molar-refractivity contribution in [3.8, 4) is 0 Å². The molecule has 5 nitrogen and oxygen atoms in total. The SMILES string of the molecule is CC(=O)N1CCC2(CCN(C3CCN(c4nccs4)CC3)CC2)c2ccccc21. The molecular formula is C23H30N4OS. The molecule has 0 bridgehead atoms. The number of hydrogen-bond donors (Lipinski definition) is 0. The van der Waals surface area contributed by atoms with Crippen molar-refractivity contribution in [1.29, 1.82) is 0 Å². The van der Waals surface area contributed by atoms with E-state index in [1.165, 1.54) is 49.5 Å². The molecule has 2 fully saturated rings. The van der Waals surface area contributed by atoms with E-state index >= 15 is 0 Å². The molecule has 6 heteroatoms. The second kappa shape index (κ2) is 7.73. The molecule has 2 saturated heterocycles. The molecule has 5 rings (SSSR count). The van der Waals surface area contributed by atoms with Crippen LogP contribution in [-0.4, -0.2) is 54.6 Å². The zero-order chi connectivity index (χ0) is 19.8. The first kappa shape index (κ1) is 19.1. The molecule has 29 heavy (non-hydrogen) atoms. The first-order valence-corrected chi connectivity index (χ1v) is 11.8. The third kappa shape index (κ3) is 3.46. The summed E-state index contributed by atoms with van der Waals surface area (Å²) in [6.45, 7) is 7.15. The number of hydrogen-bond acceptors (Lipinski definition) is 5. The molecule has 1 spiro atoms. The molecule has 0 unspecified atom stereocenters. The second-order valence-corrected chi connectivity index (χ2v) is 9.66. The lowest BCUT2D eigenvalue weighted by atomic mass is 9.67. The third-order valence-electron chi connectivity index (χ3n) is 7.39. The third-order valence-corrected chi connectivity index (χ3v) is 8.22. The van der Waals surface area contributed by atoms with E-state index in [0.717, 1.165) is 31.7 Å². The Balaban J connectivity index is 1.25. The minimum absolute atomic E-state index is 0.164. The van der Waals surface area contributed by atoms with Crippen LogP contribution in [0.15, 0.2) is 35.8 Å². The molecule has 3 aliphatic rings. The molecule has 2 aromatic rings. The van der Waals surface area contributed by atoms with Gasteiger partial charge in [-0.2, -0.15) is 0 Å². The van der Waals surface area contributed by atoms with Gasteiger partial charge in [0.1, 0.15) is 0 Å². The highest BCUT2D eigenvalue weighted by Gasteiger charge is 2.43. The van der Waals surface area contributed by atoms with Crippen LogP contribution in [0.2, 0.25) is 0 Å². The minimum Gasteiger partial charge on any atom is -0.348 e. The van der Waals surface area contributed by atoms with Crippen LogP contribution in [0.5, 0.6) is 0 Å². The van der Waals surface area contributed by atoms with Gasteiger partial charge in [0.2, 0.25) is 5.91 Å². The number of likely N-dealkylation sites (tertiary alicyclic amines) is 1. The molecule has 0 radical (unpaired) electrons. The molecular weight excluding hydrogens is 380 g/mol. The summed E-state index contributed by atoms with van der Waals surface area (Å²) < 4.78 is 0. The van der Waals surface area contributed by atoms with Gasteiger partial charge in [0.15, 0.2) is 5.13 Å². The molecule has 0 N–H and O–H groups in total. The average Bonchev–Trinajstić information content (AvgIpc) is 3.30. The maximum absolute atomic E-state index is 12.1. The molecule has 3 aliphatic heterocycles. The van der Waals surface area contributed by atoms with Gasteiger partial charge >= 0.3 is 0 Å². The lowest BCUT2D eigenvalue weighted by Gasteiger charge is -2.50. The number of nitrogens with zero attached hydrogens (tertiary/aromatic N) is 4. The van der Waals surface area contributed by atoms with Gasteiger partial charge in [0.05, 0.1) is 0 Å². The van der Waals surface area contributed by atoms with Crippen molar-refractivity contribution in [1.82, 2.24) is 9.88 Å². The minimum atomic E-state index is 0.164. The summed E-state index contributed by atoms with van der Waals surface area (Å²) in [5.41, 5.74) is 2.80. The van der Waals surface area contributed by atoms with Gasteiger partial charge < -0.3 is 14.7 Å². The van der Waals surface area contributed by atoms with Gasteiger partial charge in [0, 0.05) is 55.3 Å². The number of carbonyl (C=O) groups excluding carboxylic acids is 1. The molecule has 1 aromatic carbocycles. The van der Waals surface area contributed by atoms with Crippen LogP contribution in [0, 0.1) is 0 Å². The molecule has 0 aliphatic carbocycles. The molecule has 0 saturated carbocycles. The predicted octanol–water partition coefficient (Wildman–Crippen LogP) is 3.90. The quantitative estimate of drug-likeness (QED) is 0.753. The maximum atomic E-state index is 12.1. The highest BCUT2D eigenvalue weighted by atomic mass is 32.1. The number of aromatic nitrogens is 1. The number of amides is 1. The van der Waals surface area contributed by atoms with Crippen LogP contribution in [0.25, 0.3) is 0 Å². The van der Waals surface area contributed by atoms with Gasteiger partial charge in [0.25, 0.3) is 0 Å². The van der Waals surface area contributed by atoms with Crippen molar-refractivity contribution < 1.29 is 4.79 Å². The van der Waals surface area contributed by atoms with Crippen LogP contribution in [0.4, 0.5) is 10.8 Å². The van der Waals surface area contributed by atoms with E-state index in [4.69, 9.17) is 0 Å². The van der Waals surface area contributed by atoms with Crippen LogP contribution >= 0.6 is 11.3 Å². The van der Waals surface area contributed by atoms with Crippen LogP contribution < -0.4 is 9.80 Å². The first-order chi connectivity index (χ1) is 14.2. The monoisotopic (exact) mass is 410 g/mol. The predicted molar refractivity (Wildman–Crippen MR) is 119 cm³/mol. The van der Waals surface area contributed by atoms with Gasteiger partial charge in [-0.25, -0.2) is 4.98 Å². The van der Waals surface area contributed by atoms with Crippen molar-refractivity contribution >= 4 is 28.1 Å². The Morgan fingerprint density at radius 1 is 1.07 bits per heavy atom. The van der Waals surface area contributed by atoms with Crippen molar-refractivity contribution in [2.24, 2.45) is 0 Å². The fraction of sp³-hybridized carbons (Fsp3) is 0.565. The molecule has 0 atom stereocenters. The number of carbonyl (C=O) groups is 1. The lowest BCUT2D eigenvalue weighted by Crippen LogP contribution is -2.53. The summed E-state index contributed by atoms with van der Waals surface area (Å²) in [6.07, 6.45) is 7.90. The fourth-order valence-corrected chi connectivity index (χ4v) is 6.39. The van der Waals surface area contributed by atoms with E-state index in [0.29, 0.717) is 6.04 Å². The van der Waals surface area contributed by atoms with E-state index < -0.39 is 0 Å².